The second-order valence-electron chi connectivity index (χ2n) is 13.3. The summed E-state index contributed by atoms with van der Waals surface area (Å²) in [5, 5.41) is 10.9. The van der Waals surface area contributed by atoms with Gasteiger partial charge in [-0.05, 0) is 109 Å². The van der Waals surface area contributed by atoms with Gasteiger partial charge in [-0.25, -0.2) is 0 Å². The second-order valence-corrected chi connectivity index (χ2v) is 13.3. The molecule has 0 aromatic carbocycles. The van der Waals surface area contributed by atoms with Crippen molar-refractivity contribution in [1.82, 2.24) is 0 Å². The first kappa shape index (κ1) is 28.9. The van der Waals surface area contributed by atoms with Crippen LogP contribution in [0, 0.1) is 29.1 Å². The Bertz CT molecular complexity index is 614. The molecule has 0 aliphatic heterocycles. The molecule has 0 aromatic heterocycles. The Balaban J connectivity index is 1.56. The summed E-state index contributed by atoms with van der Waals surface area (Å²) in [6, 6.07) is 0. The van der Waals surface area contributed by atoms with Crippen LogP contribution >= 0.6 is 0 Å². The zero-order valence-corrected chi connectivity index (χ0v) is 23.5. The third kappa shape index (κ3) is 9.30. The molecule has 2 fully saturated rings. The second kappa shape index (κ2) is 12.0. The van der Waals surface area contributed by atoms with Gasteiger partial charge < -0.3 is 14.6 Å². The van der Waals surface area contributed by atoms with Gasteiger partial charge in [-0.1, -0.05) is 52.2 Å². The fraction of sp³-hybridized carbons (Fsp3) is 0.933. The molecule has 0 spiro atoms. The molecule has 2 rings (SSSR count). The van der Waals surface area contributed by atoms with Crippen LogP contribution in [0.2, 0.25) is 0 Å². The summed E-state index contributed by atoms with van der Waals surface area (Å²) in [7, 11) is 0. The van der Waals surface area contributed by atoms with Crippen LogP contribution in [0.3, 0.4) is 0 Å². The van der Waals surface area contributed by atoms with E-state index in [1.165, 1.54) is 31.3 Å². The molecule has 6 atom stereocenters. The van der Waals surface area contributed by atoms with E-state index in [0.29, 0.717) is 17.3 Å². The highest BCUT2D eigenvalue weighted by atomic mass is 16.5. The third-order valence-electron chi connectivity index (χ3n) is 8.80. The summed E-state index contributed by atoms with van der Waals surface area (Å²) < 4.78 is 12.5. The lowest BCUT2D eigenvalue weighted by molar-refractivity contribution is -0.124. The van der Waals surface area contributed by atoms with Crippen LogP contribution in [-0.2, 0) is 9.47 Å². The van der Waals surface area contributed by atoms with Crippen molar-refractivity contribution in [2.24, 2.45) is 29.1 Å². The highest BCUT2D eigenvalue weighted by molar-refractivity contribution is 5.13. The predicted molar refractivity (Wildman–Crippen MR) is 140 cm³/mol. The van der Waals surface area contributed by atoms with Gasteiger partial charge in [0.1, 0.15) is 0 Å². The maximum Gasteiger partial charge on any atom is 0.0883 e. The number of aliphatic hydroxyl groups is 1. The quantitative estimate of drug-likeness (QED) is 0.250. The van der Waals surface area contributed by atoms with Crippen molar-refractivity contribution in [2.45, 2.75) is 137 Å². The summed E-state index contributed by atoms with van der Waals surface area (Å²) >= 11 is 0. The van der Waals surface area contributed by atoms with Crippen molar-refractivity contribution in [2.75, 3.05) is 13.2 Å². The first-order valence-electron chi connectivity index (χ1n) is 13.9. The van der Waals surface area contributed by atoms with E-state index in [0.717, 1.165) is 57.2 Å². The van der Waals surface area contributed by atoms with Gasteiger partial charge in [-0.2, -0.15) is 0 Å². The number of ether oxygens (including phenoxy) is 2. The Morgan fingerprint density at radius 2 is 1.64 bits per heavy atom. The minimum absolute atomic E-state index is 0.00414. The molecule has 0 aromatic rings. The molecule has 194 valence electrons. The van der Waals surface area contributed by atoms with Crippen molar-refractivity contribution in [1.29, 1.82) is 0 Å². The molecule has 33 heavy (non-hydrogen) atoms. The molecular weight excluding hydrogens is 408 g/mol. The molecule has 2 aliphatic rings. The van der Waals surface area contributed by atoms with Gasteiger partial charge in [0.25, 0.3) is 0 Å². The highest BCUT2D eigenvalue weighted by Gasteiger charge is 2.64. The van der Waals surface area contributed by atoms with Gasteiger partial charge in [0.2, 0.25) is 0 Å². The lowest BCUT2D eigenvalue weighted by Crippen LogP contribution is -2.44. The number of hydrogen-bond acceptors (Lipinski definition) is 3. The molecule has 0 amide bonds. The van der Waals surface area contributed by atoms with Crippen LogP contribution < -0.4 is 0 Å². The minimum atomic E-state index is -0.664. The van der Waals surface area contributed by atoms with E-state index in [1.54, 1.807) is 0 Å². The zero-order chi connectivity index (χ0) is 24.9. The molecule has 3 unspecified atom stereocenters. The van der Waals surface area contributed by atoms with Crippen molar-refractivity contribution in [3.63, 3.8) is 0 Å². The molecular formula is C30H56O3. The average molecular weight is 465 g/mol. The van der Waals surface area contributed by atoms with Gasteiger partial charge >= 0.3 is 0 Å². The summed E-state index contributed by atoms with van der Waals surface area (Å²) in [5.41, 5.74) is 1.11. The van der Waals surface area contributed by atoms with Crippen LogP contribution in [0.25, 0.3) is 0 Å². The number of rotatable bonds is 15. The molecule has 0 bridgehead atoms. The lowest BCUT2D eigenvalue weighted by atomic mass is 9.83. The Morgan fingerprint density at radius 3 is 2.30 bits per heavy atom. The van der Waals surface area contributed by atoms with Crippen LogP contribution in [-0.4, -0.2) is 35.6 Å². The van der Waals surface area contributed by atoms with E-state index in [-0.39, 0.29) is 11.7 Å². The third-order valence-corrected chi connectivity index (χ3v) is 8.80. The fourth-order valence-electron chi connectivity index (χ4n) is 5.88. The van der Waals surface area contributed by atoms with Crippen LogP contribution in [0.15, 0.2) is 11.6 Å². The maximum atomic E-state index is 10.9. The van der Waals surface area contributed by atoms with E-state index >= 15 is 0 Å². The Hall–Kier alpha value is -0.380. The smallest absolute Gasteiger partial charge is 0.0883 e. The normalized spacial score (nSPS) is 30.4. The summed E-state index contributed by atoms with van der Waals surface area (Å²) in [6.07, 6.45) is 12.5. The molecule has 0 radical (unpaired) electrons. The van der Waals surface area contributed by atoms with Gasteiger partial charge in [0.15, 0.2) is 0 Å². The van der Waals surface area contributed by atoms with Crippen molar-refractivity contribution in [3.8, 4) is 0 Å². The van der Waals surface area contributed by atoms with Gasteiger partial charge in [-0.15, -0.1) is 0 Å². The van der Waals surface area contributed by atoms with Crippen LogP contribution in [0.4, 0.5) is 0 Å². The Morgan fingerprint density at radius 1 is 1.00 bits per heavy atom. The van der Waals surface area contributed by atoms with Gasteiger partial charge in [0, 0.05) is 13.2 Å². The molecule has 2 saturated carbocycles. The lowest BCUT2D eigenvalue weighted by Gasteiger charge is -2.36. The van der Waals surface area contributed by atoms with E-state index in [1.807, 2.05) is 6.92 Å². The topological polar surface area (TPSA) is 38.7 Å². The van der Waals surface area contributed by atoms with E-state index in [9.17, 15) is 5.11 Å². The van der Waals surface area contributed by atoms with Crippen LogP contribution in [0.1, 0.15) is 120 Å². The predicted octanol–water partition coefficient (Wildman–Crippen LogP) is 7.95. The summed E-state index contributed by atoms with van der Waals surface area (Å²) in [5.74, 6) is 2.79. The van der Waals surface area contributed by atoms with Crippen LogP contribution in [0.5, 0.6) is 0 Å². The van der Waals surface area contributed by atoms with Gasteiger partial charge in [-0.3, -0.25) is 0 Å². The minimum Gasteiger partial charge on any atom is -0.387 e. The Kier molecular flexibility index (Phi) is 10.5. The molecule has 2 aliphatic carbocycles. The Labute approximate surface area is 206 Å². The molecule has 0 saturated heterocycles. The first-order chi connectivity index (χ1) is 15.2. The number of fused-ring (bicyclic) bond motifs is 1. The average Bonchev–Trinajstić information content (AvgIpc) is 3.18. The fourth-order valence-corrected chi connectivity index (χ4v) is 5.88. The largest absolute Gasteiger partial charge is 0.387 e. The highest BCUT2D eigenvalue weighted by Crippen LogP contribution is 2.66. The van der Waals surface area contributed by atoms with Crippen molar-refractivity contribution < 1.29 is 14.6 Å². The van der Waals surface area contributed by atoms with E-state index < -0.39 is 5.60 Å². The molecule has 1 N–H and O–H groups in total. The summed E-state index contributed by atoms with van der Waals surface area (Å²) in [6.45, 7) is 21.8. The molecule has 0 heterocycles. The number of allylic oxidation sites excluding steroid dienone is 2. The number of hydrogen-bond donors (Lipinski definition) is 1. The first-order valence-corrected chi connectivity index (χ1v) is 13.9. The standard InChI is InChI=1S/C30H56O3/c1-22(2)12-10-13-23(3)16-19-33-28(5,6)17-11-14-24(4)15-18-32-27-20-25-26(29(25,7)8)21-30(27,9)31/h12,23-27,31H,10-11,13-21H2,1-9H3/t23?,24?,25-,26+,27?,30+/m0/s1. The summed E-state index contributed by atoms with van der Waals surface area (Å²) in [4.78, 5) is 0. The van der Waals surface area contributed by atoms with E-state index in [4.69, 9.17) is 9.47 Å². The maximum absolute atomic E-state index is 10.9. The molecule has 3 nitrogen and oxygen atoms in total. The van der Waals surface area contributed by atoms with Gasteiger partial charge in [0.05, 0.1) is 17.3 Å². The van der Waals surface area contributed by atoms with E-state index in [2.05, 4.69) is 61.5 Å². The van der Waals surface area contributed by atoms with Crippen molar-refractivity contribution >= 4 is 0 Å². The SMILES string of the molecule is CC(C)=CCCC(C)CCOC(C)(C)CCCC(C)CCOC1C[C@H]2[C@@H](C[C@@]1(C)O)C2(C)C. The monoisotopic (exact) mass is 464 g/mol. The molecule has 3 heteroatoms. The van der Waals surface area contributed by atoms with Crippen molar-refractivity contribution in [3.05, 3.63) is 11.6 Å². The zero-order valence-electron chi connectivity index (χ0n) is 23.5.